The highest BCUT2D eigenvalue weighted by Crippen LogP contribution is 2.01. The lowest BCUT2D eigenvalue weighted by Crippen LogP contribution is -2.02. The van der Waals surface area contributed by atoms with Crippen LogP contribution < -0.4 is 0 Å². The van der Waals surface area contributed by atoms with Crippen LogP contribution in [-0.2, 0) is 11.3 Å². The molecule has 0 saturated carbocycles. The van der Waals surface area contributed by atoms with Gasteiger partial charge in [0.25, 0.3) is 5.09 Å². The van der Waals surface area contributed by atoms with Crippen LogP contribution in [0, 0.1) is 10.1 Å². The van der Waals surface area contributed by atoms with Crippen molar-refractivity contribution in [2.45, 2.75) is 12.8 Å². The van der Waals surface area contributed by atoms with Gasteiger partial charge in [0.1, 0.15) is 0 Å². The minimum Gasteiger partial charge on any atom is -0.314 e. The van der Waals surface area contributed by atoms with Crippen molar-refractivity contribution in [3.8, 4) is 0 Å². The van der Waals surface area contributed by atoms with Gasteiger partial charge in [-0.05, 0) is 18.4 Å². The van der Waals surface area contributed by atoms with E-state index in [-0.39, 0.29) is 6.61 Å². The lowest BCUT2D eigenvalue weighted by atomic mass is 10.1. The third kappa shape index (κ3) is 4.10. The Bertz CT molecular complexity index is 261. The fraction of sp³-hybridized carbons (Fsp3) is 0.333. The zero-order chi connectivity index (χ0) is 9.52. The molecule has 1 aromatic carbocycles. The minimum atomic E-state index is -0.759. The fourth-order valence-corrected chi connectivity index (χ4v) is 1.06. The summed E-state index contributed by atoms with van der Waals surface area (Å²) in [6.07, 6.45) is 1.49. The van der Waals surface area contributed by atoms with Crippen LogP contribution in [0.4, 0.5) is 0 Å². The molecule has 0 aliphatic carbocycles. The predicted molar refractivity (Wildman–Crippen MR) is 47.7 cm³/mol. The van der Waals surface area contributed by atoms with Crippen molar-refractivity contribution in [3.63, 3.8) is 0 Å². The Labute approximate surface area is 76.2 Å². The Balaban J connectivity index is 2.17. The van der Waals surface area contributed by atoms with E-state index in [1.54, 1.807) is 0 Å². The molecule has 0 saturated heterocycles. The van der Waals surface area contributed by atoms with Crippen LogP contribution in [0.2, 0.25) is 0 Å². The average Bonchev–Trinajstić information content (AvgIpc) is 2.14. The molecule has 0 spiro atoms. The lowest BCUT2D eigenvalue weighted by molar-refractivity contribution is -0.757. The van der Waals surface area contributed by atoms with Crippen molar-refractivity contribution in [2.24, 2.45) is 0 Å². The highest BCUT2D eigenvalue weighted by atomic mass is 16.9. The normalized spacial score (nSPS) is 9.54. The standard InChI is InChI=1S/C9H11NO3/c11-10(12)13-8-4-7-9-5-2-1-3-6-9/h1-3,5-6H,4,7-8H2. The van der Waals surface area contributed by atoms with Crippen molar-refractivity contribution < 1.29 is 9.92 Å². The zero-order valence-electron chi connectivity index (χ0n) is 7.18. The summed E-state index contributed by atoms with van der Waals surface area (Å²) < 4.78 is 0. The summed E-state index contributed by atoms with van der Waals surface area (Å²) in [5, 5.41) is 9.04. The Morgan fingerprint density at radius 3 is 2.62 bits per heavy atom. The Morgan fingerprint density at radius 2 is 2.00 bits per heavy atom. The summed E-state index contributed by atoms with van der Waals surface area (Å²) in [7, 11) is 0. The molecule has 4 heteroatoms. The molecule has 0 aliphatic heterocycles. The van der Waals surface area contributed by atoms with Crippen molar-refractivity contribution in [2.75, 3.05) is 6.61 Å². The summed E-state index contributed by atoms with van der Waals surface area (Å²) in [6.45, 7) is 0.169. The molecule has 13 heavy (non-hydrogen) atoms. The molecule has 0 radical (unpaired) electrons. The summed E-state index contributed by atoms with van der Waals surface area (Å²) >= 11 is 0. The van der Waals surface area contributed by atoms with Crippen LogP contribution in [-0.4, -0.2) is 11.7 Å². The first-order chi connectivity index (χ1) is 6.29. The second kappa shape index (κ2) is 5.13. The van der Waals surface area contributed by atoms with Crippen LogP contribution in [0.5, 0.6) is 0 Å². The van der Waals surface area contributed by atoms with Gasteiger partial charge in [0, 0.05) is 0 Å². The maximum atomic E-state index is 9.79. The number of benzene rings is 1. The van der Waals surface area contributed by atoms with E-state index >= 15 is 0 Å². The van der Waals surface area contributed by atoms with E-state index < -0.39 is 5.09 Å². The summed E-state index contributed by atoms with van der Waals surface area (Å²) in [6, 6.07) is 9.82. The molecule has 0 N–H and O–H groups in total. The molecule has 4 nitrogen and oxygen atoms in total. The molecule has 1 rings (SSSR count). The van der Waals surface area contributed by atoms with Crippen LogP contribution in [0.3, 0.4) is 0 Å². The van der Waals surface area contributed by atoms with Gasteiger partial charge in [-0.25, -0.2) is 0 Å². The molecule has 1 aromatic rings. The summed E-state index contributed by atoms with van der Waals surface area (Å²) in [5.41, 5.74) is 1.18. The van der Waals surface area contributed by atoms with Gasteiger partial charge in [0.05, 0.1) is 6.61 Å². The van der Waals surface area contributed by atoms with E-state index in [1.165, 1.54) is 5.56 Å². The van der Waals surface area contributed by atoms with E-state index in [0.717, 1.165) is 6.42 Å². The smallest absolute Gasteiger partial charge is 0.294 e. The van der Waals surface area contributed by atoms with Gasteiger partial charge in [-0.3, -0.25) is 0 Å². The van der Waals surface area contributed by atoms with Gasteiger partial charge in [-0.1, -0.05) is 30.3 Å². The first-order valence-electron chi connectivity index (χ1n) is 4.10. The van der Waals surface area contributed by atoms with Gasteiger partial charge in [-0.2, -0.15) is 0 Å². The van der Waals surface area contributed by atoms with Crippen molar-refractivity contribution in [3.05, 3.63) is 46.0 Å². The van der Waals surface area contributed by atoms with Crippen LogP contribution in [0.15, 0.2) is 30.3 Å². The topological polar surface area (TPSA) is 52.4 Å². The van der Waals surface area contributed by atoms with E-state index in [2.05, 4.69) is 4.84 Å². The Hall–Kier alpha value is -1.58. The highest BCUT2D eigenvalue weighted by molar-refractivity contribution is 5.14. The highest BCUT2D eigenvalue weighted by Gasteiger charge is 1.95. The molecule has 0 unspecified atom stereocenters. The fourth-order valence-electron chi connectivity index (χ4n) is 1.06. The Kier molecular flexibility index (Phi) is 3.75. The zero-order valence-corrected chi connectivity index (χ0v) is 7.18. The predicted octanol–water partition coefficient (Wildman–Crippen LogP) is 1.83. The van der Waals surface area contributed by atoms with E-state index in [1.807, 2.05) is 30.3 Å². The van der Waals surface area contributed by atoms with E-state index in [0.29, 0.717) is 6.42 Å². The van der Waals surface area contributed by atoms with E-state index in [4.69, 9.17) is 0 Å². The molecule has 0 aromatic heterocycles. The molecule has 0 amide bonds. The van der Waals surface area contributed by atoms with Crippen LogP contribution >= 0.6 is 0 Å². The van der Waals surface area contributed by atoms with Crippen LogP contribution in [0.25, 0.3) is 0 Å². The summed E-state index contributed by atoms with van der Waals surface area (Å²) in [4.78, 5) is 14.0. The molecule has 0 bridgehead atoms. The van der Waals surface area contributed by atoms with Crippen molar-refractivity contribution >= 4 is 0 Å². The molecular weight excluding hydrogens is 170 g/mol. The molecular formula is C9H11NO3. The van der Waals surface area contributed by atoms with Gasteiger partial charge >= 0.3 is 0 Å². The third-order valence-corrected chi connectivity index (χ3v) is 1.65. The molecule has 70 valence electrons. The number of hydrogen-bond donors (Lipinski definition) is 0. The molecule has 0 atom stereocenters. The number of nitrogens with zero attached hydrogens (tertiary/aromatic N) is 1. The average molecular weight is 181 g/mol. The number of hydrogen-bond acceptors (Lipinski definition) is 3. The van der Waals surface area contributed by atoms with Gasteiger partial charge in [0.2, 0.25) is 0 Å². The maximum Gasteiger partial charge on any atom is 0.294 e. The largest absolute Gasteiger partial charge is 0.314 e. The maximum absolute atomic E-state index is 9.79. The second-order valence-electron chi connectivity index (χ2n) is 2.65. The lowest BCUT2D eigenvalue weighted by Gasteiger charge is -1.99. The number of rotatable bonds is 5. The SMILES string of the molecule is O=[N+]([O-])OCCCc1ccccc1. The molecule has 0 heterocycles. The van der Waals surface area contributed by atoms with Crippen molar-refractivity contribution in [1.29, 1.82) is 0 Å². The Morgan fingerprint density at radius 1 is 1.31 bits per heavy atom. The van der Waals surface area contributed by atoms with Crippen molar-refractivity contribution in [1.82, 2.24) is 0 Å². The quantitative estimate of drug-likeness (QED) is 0.395. The van der Waals surface area contributed by atoms with Gasteiger partial charge < -0.3 is 4.84 Å². The third-order valence-electron chi connectivity index (χ3n) is 1.65. The first-order valence-corrected chi connectivity index (χ1v) is 4.10. The first kappa shape index (κ1) is 9.51. The van der Waals surface area contributed by atoms with E-state index in [9.17, 15) is 10.1 Å². The van der Waals surface area contributed by atoms with Crippen LogP contribution in [0.1, 0.15) is 12.0 Å². The monoisotopic (exact) mass is 181 g/mol. The molecule has 0 aliphatic rings. The van der Waals surface area contributed by atoms with Gasteiger partial charge in [-0.15, -0.1) is 10.1 Å². The minimum absolute atomic E-state index is 0.169. The summed E-state index contributed by atoms with van der Waals surface area (Å²) in [5.74, 6) is 0. The molecule has 0 fully saturated rings. The second-order valence-corrected chi connectivity index (χ2v) is 2.65. The van der Waals surface area contributed by atoms with Gasteiger partial charge in [0.15, 0.2) is 0 Å². The number of aryl methyl sites for hydroxylation is 1.